The van der Waals surface area contributed by atoms with Gasteiger partial charge in [-0.25, -0.2) is 0 Å². The molecule has 1 saturated heterocycles. The summed E-state index contributed by atoms with van der Waals surface area (Å²) in [4.78, 5) is 30.5. The highest BCUT2D eigenvalue weighted by atomic mass is 35.5. The van der Waals surface area contributed by atoms with Gasteiger partial charge in [-0.15, -0.1) is 0 Å². The second-order valence-corrected chi connectivity index (χ2v) is 7.13. The highest BCUT2D eigenvalue weighted by molar-refractivity contribution is 7.71. The molecule has 132 valence electrons. The van der Waals surface area contributed by atoms with Gasteiger partial charge in [0.1, 0.15) is 0 Å². The minimum Gasteiger partial charge on any atom is -0.339 e. The number of H-pyrrole nitrogens is 1. The lowest BCUT2D eigenvalue weighted by Gasteiger charge is -2.16. The third kappa shape index (κ3) is 2.95. The van der Waals surface area contributed by atoms with Gasteiger partial charge in [0, 0.05) is 23.7 Å². The first-order chi connectivity index (χ1) is 12.5. The smallest absolute Gasteiger partial charge is 0.266 e. The predicted octanol–water partition coefficient (Wildman–Crippen LogP) is 3.94. The van der Waals surface area contributed by atoms with Crippen LogP contribution in [-0.4, -0.2) is 33.4 Å². The van der Waals surface area contributed by atoms with E-state index in [4.69, 9.17) is 23.8 Å². The van der Waals surface area contributed by atoms with E-state index in [0.29, 0.717) is 27.2 Å². The number of aromatic amines is 1. The van der Waals surface area contributed by atoms with Crippen molar-refractivity contribution in [2.24, 2.45) is 0 Å². The molecule has 1 aliphatic rings. The molecule has 0 radical (unpaired) electrons. The largest absolute Gasteiger partial charge is 0.339 e. The van der Waals surface area contributed by atoms with Crippen LogP contribution in [-0.2, 0) is 0 Å². The maximum absolute atomic E-state index is 12.9. The van der Waals surface area contributed by atoms with Gasteiger partial charge in [0.15, 0.2) is 4.77 Å². The molecule has 0 unspecified atom stereocenters. The topological polar surface area (TPSA) is 58.1 Å². The number of carbonyl (C=O) groups excluding carboxylic acids is 1. The number of nitrogens with one attached hydrogen (secondary N) is 1. The molecule has 0 aliphatic carbocycles. The van der Waals surface area contributed by atoms with Crippen molar-refractivity contribution in [3.05, 3.63) is 68.2 Å². The van der Waals surface area contributed by atoms with Gasteiger partial charge >= 0.3 is 0 Å². The van der Waals surface area contributed by atoms with Gasteiger partial charge in [-0.05, 0) is 61.5 Å². The van der Waals surface area contributed by atoms with Gasteiger partial charge in [-0.2, -0.15) is 0 Å². The lowest BCUT2D eigenvalue weighted by molar-refractivity contribution is 0.0793. The zero-order valence-electron chi connectivity index (χ0n) is 13.9. The summed E-state index contributed by atoms with van der Waals surface area (Å²) in [5.41, 5.74) is 1.47. The first-order valence-electron chi connectivity index (χ1n) is 8.39. The third-order valence-electron chi connectivity index (χ3n) is 4.60. The van der Waals surface area contributed by atoms with Crippen LogP contribution in [0.2, 0.25) is 5.02 Å². The Morgan fingerprint density at radius 3 is 2.65 bits per heavy atom. The normalized spacial score (nSPS) is 14.1. The molecule has 26 heavy (non-hydrogen) atoms. The van der Waals surface area contributed by atoms with Crippen LogP contribution >= 0.6 is 23.8 Å². The molecule has 2 heterocycles. The van der Waals surface area contributed by atoms with Crippen molar-refractivity contribution < 1.29 is 4.79 Å². The number of nitrogens with zero attached hydrogens (tertiary/aromatic N) is 2. The van der Waals surface area contributed by atoms with Gasteiger partial charge in [-0.1, -0.05) is 17.7 Å². The summed E-state index contributed by atoms with van der Waals surface area (Å²) < 4.78 is 1.67. The number of aromatic nitrogens is 2. The fourth-order valence-electron chi connectivity index (χ4n) is 3.31. The van der Waals surface area contributed by atoms with Crippen molar-refractivity contribution in [1.82, 2.24) is 14.5 Å². The number of benzene rings is 2. The van der Waals surface area contributed by atoms with Crippen LogP contribution in [0.1, 0.15) is 23.2 Å². The number of likely N-dealkylation sites (tertiary alicyclic amines) is 1. The first-order valence-corrected chi connectivity index (χ1v) is 9.17. The van der Waals surface area contributed by atoms with Crippen molar-refractivity contribution in [1.29, 1.82) is 0 Å². The van der Waals surface area contributed by atoms with E-state index in [9.17, 15) is 9.59 Å². The Hall–Kier alpha value is -2.44. The lowest BCUT2D eigenvalue weighted by atomic mass is 10.1. The zero-order chi connectivity index (χ0) is 18.3. The summed E-state index contributed by atoms with van der Waals surface area (Å²) in [6.45, 7) is 1.56. The maximum Gasteiger partial charge on any atom is 0.266 e. The fraction of sp³-hybridized carbons (Fsp3) is 0.211. The van der Waals surface area contributed by atoms with Crippen molar-refractivity contribution in [3.63, 3.8) is 0 Å². The zero-order valence-corrected chi connectivity index (χ0v) is 15.4. The molecule has 1 N–H and O–H groups in total. The molecular weight excluding hydrogens is 370 g/mol. The van der Waals surface area contributed by atoms with Crippen LogP contribution in [0.25, 0.3) is 16.6 Å². The number of hydrogen-bond acceptors (Lipinski definition) is 3. The minimum atomic E-state index is -0.244. The predicted molar refractivity (Wildman–Crippen MR) is 105 cm³/mol. The Kier molecular flexibility index (Phi) is 4.38. The Morgan fingerprint density at radius 1 is 1.12 bits per heavy atom. The van der Waals surface area contributed by atoms with Crippen LogP contribution in [0.5, 0.6) is 0 Å². The van der Waals surface area contributed by atoms with Crippen LogP contribution in [0.3, 0.4) is 0 Å². The molecule has 4 rings (SSSR count). The molecule has 2 aromatic carbocycles. The summed E-state index contributed by atoms with van der Waals surface area (Å²) in [7, 11) is 0. The Morgan fingerprint density at radius 2 is 1.88 bits per heavy atom. The minimum absolute atomic E-state index is 0.0140. The Labute approximate surface area is 159 Å². The van der Waals surface area contributed by atoms with Crippen molar-refractivity contribution in [3.8, 4) is 5.69 Å². The molecule has 0 bridgehead atoms. The van der Waals surface area contributed by atoms with E-state index in [1.54, 1.807) is 42.5 Å². The number of hydrogen-bond donors (Lipinski definition) is 1. The van der Waals surface area contributed by atoms with Crippen LogP contribution in [0.4, 0.5) is 0 Å². The summed E-state index contributed by atoms with van der Waals surface area (Å²) >= 11 is 11.4. The van der Waals surface area contributed by atoms with E-state index in [-0.39, 0.29) is 16.2 Å². The average molecular weight is 386 g/mol. The van der Waals surface area contributed by atoms with E-state index in [1.807, 2.05) is 4.90 Å². The number of fused-ring (bicyclic) bond motifs is 1. The van der Waals surface area contributed by atoms with Crippen LogP contribution in [0.15, 0.2) is 47.3 Å². The van der Waals surface area contributed by atoms with Gasteiger partial charge in [0.2, 0.25) is 0 Å². The molecule has 1 fully saturated rings. The number of amides is 1. The molecule has 0 atom stereocenters. The highest BCUT2D eigenvalue weighted by Crippen LogP contribution is 2.18. The molecule has 1 amide bonds. The van der Waals surface area contributed by atoms with Crippen LogP contribution < -0.4 is 5.56 Å². The average Bonchev–Trinajstić information content (AvgIpc) is 3.15. The van der Waals surface area contributed by atoms with E-state index >= 15 is 0 Å². The summed E-state index contributed by atoms with van der Waals surface area (Å²) in [6.07, 6.45) is 2.06. The maximum atomic E-state index is 12.9. The monoisotopic (exact) mass is 385 g/mol. The summed E-state index contributed by atoms with van der Waals surface area (Å²) in [6, 6.07) is 12.0. The number of carbonyl (C=O) groups is 1. The second kappa shape index (κ2) is 6.70. The number of rotatable bonds is 2. The van der Waals surface area contributed by atoms with E-state index in [2.05, 4.69) is 4.98 Å². The summed E-state index contributed by atoms with van der Waals surface area (Å²) in [5, 5.41) is 1.01. The van der Waals surface area contributed by atoms with E-state index in [1.165, 1.54) is 4.57 Å². The molecule has 1 aromatic heterocycles. The van der Waals surface area contributed by atoms with Crippen molar-refractivity contribution in [2.45, 2.75) is 12.8 Å². The van der Waals surface area contributed by atoms with Gasteiger partial charge in [0.25, 0.3) is 11.5 Å². The SMILES string of the molecule is O=C(c1cccc(-n2c(=S)[nH]c3cc(Cl)ccc3c2=O)c1)N1CCCC1. The molecule has 5 nitrogen and oxygen atoms in total. The Bertz CT molecular complexity index is 1130. The molecule has 3 aromatic rings. The van der Waals surface area contributed by atoms with Crippen molar-refractivity contribution >= 4 is 40.6 Å². The first kappa shape index (κ1) is 17.0. The third-order valence-corrected chi connectivity index (χ3v) is 5.12. The lowest BCUT2D eigenvalue weighted by Crippen LogP contribution is -2.28. The molecule has 7 heteroatoms. The van der Waals surface area contributed by atoms with E-state index < -0.39 is 0 Å². The second-order valence-electron chi connectivity index (χ2n) is 6.31. The van der Waals surface area contributed by atoms with Crippen molar-refractivity contribution in [2.75, 3.05) is 13.1 Å². The molecule has 1 aliphatic heterocycles. The molecular formula is C19H16ClN3O2S. The van der Waals surface area contributed by atoms with Gasteiger partial charge < -0.3 is 9.88 Å². The highest BCUT2D eigenvalue weighted by Gasteiger charge is 2.20. The summed E-state index contributed by atoms with van der Waals surface area (Å²) in [5.74, 6) is -0.0140. The fourth-order valence-corrected chi connectivity index (χ4v) is 3.78. The molecule has 0 saturated carbocycles. The molecule has 0 spiro atoms. The number of halogens is 1. The Balaban J connectivity index is 1.84. The standard InChI is InChI=1S/C19H16ClN3O2S/c20-13-6-7-15-16(11-13)21-19(26)23(18(15)25)14-5-3-4-12(10-14)17(24)22-8-1-2-9-22/h3-7,10-11H,1-2,8-9H2,(H,21,26). The van der Waals surface area contributed by atoms with Gasteiger partial charge in [-0.3, -0.25) is 14.2 Å². The van der Waals surface area contributed by atoms with E-state index in [0.717, 1.165) is 25.9 Å². The van der Waals surface area contributed by atoms with Crippen LogP contribution in [0, 0.1) is 4.77 Å². The van der Waals surface area contributed by atoms with Gasteiger partial charge in [0.05, 0.1) is 16.6 Å². The quantitative estimate of drug-likeness (QED) is 0.680.